The monoisotopic (exact) mass is 298 g/mol. The van der Waals surface area contributed by atoms with E-state index in [-0.39, 0.29) is 5.97 Å². The molecule has 1 aliphatic heterocycles. The van der Waals surface area contributed by atoms with Gasteiger partial charge in [-0.1, -0.05) is 15.9 Å². The number of hydrogen-bond acceptors (Lipinski definition) is 4. The Morgan fingerprint density at radius 1 is 1.59 bits per heavy atom. The van der Waals surface area contributed by atoms with E-state index in [1.807, 2.05) is 6.07 Å². The van der Waals surface area contributed by atoms with E-state index < -0.39 is 0 Å². The number of nitrogens with zero attached hydrogens (tertiary/aromatic N) is 1. The molecule has 0 amide bonds. The quantitative estimate of drug-likeness (QED) is 0.869. The van der Waals surface area contributed by atoms with E-state index in [0.717, 1.165) is 28.9 Å². The van der Waals surface area contributed by atoms with Crippen LogP contribution in [0.5, 0.6) is 0 Å². The van der Waals surface area contributed by atoms with E-state index in [1.54, 1.807) is 0 Å². The molecule has 5 heteroatoms. The Balaban J connectivity index is 2.09. The zero-order valence-corrected chi connectivity index (χ0v) is 11.3. The van der Waals surface area contributed by atoms with Crippen LogP contribution in [0, 0.1) is 0 Å². The second kappa shape index (κ2) is 5.40. The molecular weight excluding hydrogens is 284 g/mol. The number of hydrogen-bond donors (Lipinski definition) is 1. The number of benzene rings is 1. The fraction of sp³-hybridized carbons (Fsp3) is 0.417. The van der Waals surface area contributed by atoms with E-state index in [0.29, 0.717) is 13.0 Å². The van der Waals surface area contributed by atoms with Crippen LogP contribution < -0.4 is 10.2 Å². The van der Waals surface area contributed by atoms with Gasteiger partial charge in [0.05, 0.1) is 24.9 Å². The first-order valence-electron chi connectivity index (χ1n) is 5.56. The van der Waals surface area contributed by atoms with Crippen molar-refractivity contribution in [3.8, 4) is 0 Å². The van der Waals surface area contributed by atoms with E-state index in [4.69, 9.17) is 0 Å². The summed E-state index contributed by atoms with van der Waals surface area (Å²) in [5.74, 6) is -0.165. The highest BCUT2D eigenvalue weighted by molar-refractivity contribution is 9.10. The number of carbonyl (C=O) groups excluding carboxylic acids is 1. The van der Waals surface area contributed by atoms with Gasteiger partial charge in [0.2, 0.25) is 0 Å². The first-order valence-corrected chi connectivity index (χ1v) is 6.35. The van der Waals surface area contributed by atoms with Crippen molar-refractivity contribution >= 4 is 33.3 Å². The highest BCUT2D eigenvalue weighted by atomic mass is 79.9. The van der Waals surface area contributed by atoms with E-state index >= 15 is 0 Å². The summed E-state index contributed by atoms with van der Waals surface area (Å²) < 4.78 is 5.71. The van der Waals surface area contributed by atoms with Crippen molar-refractivity contribution in [2.24, 2.45) is 0 Å². The molecule has 0 fully saturated rings. The lowest BCUT2D eigenvalue weighted by molar-refractivity contribution is -0.140. The molecule has 0 spiro atoms. The second-order valence-electron chi connectivity index (χ2n) is 3.90. The van der Waals surface area contributed by atoms with Crippen molar-refractivity contribution < 1.29 is 9.53 Å². The lowest BCUT2D eigenvalue weighted by Crippen LogP contribution is -2.35. The van der Waals surface area contributed by atoms with E-state index in [2.05, 4.69) is 43.0 Å². The molecule has 0 aliphatic carbocycles. The number of ether oxygens (including phenoxy) is 1. The van der Waals surface area contributed by atoms with Crippen molar-refractivity contribution in [2.45, 2.75) is 6.42 Å². The molecule has 0 aromatic heterocycles. The van der Waals surface area contributed by atoms with Crippen LogP contribution in [0.15, 0.2) is 22.7 Å². The summed E-state index contributed by atoms with van der Waals surface area (Å²) in [6.07, 6.45) is 0.423. The van der Waals surface area contributed by atoms with E-state index in [9.17, 15) is 4.79 Å². The number of rotatable bonds is 3. The molecule has 0 radical (unpaired) electrons. The van der Waals surface area contributed by atoms with Crippen LogP contribution in [-0.4, -0.2) is 32.7 Å². The summed E-state index contributed by atoms with van der Waals surface area (Å²) in [4.78, 5) is 13.4. The lowest BCUT2D eigenvalue weighted by atomic mass is 10.2. The summed E-state index contributed by atoms with van der Waals surface area (Å²) in [6, 6.07) is 6.12. The molecule has 0 saturated heterocycles. The third kappa shape index (κ3) is 2.91. The van der Waals surface area contributed by atoms with Crippen LogP contribution >= 0.6 is 15.9 Å². The number of carbonyl (C=O) groups is 1. The zero-order chi connectivity index (χ0) is 12.3. The number of nitrogens with one attached hydrogen (secondary N) is 1. The molecule has 1 aliphatic rings. The predicted octanol–water partition coefficient (Wildman–Crippen LogP) is 2.24. The summed E-state index contributed by atoms with van der Waals surface area (Å²) in [5.41, 5.74) is 2.25. The van der Waals surface area contributed by atoms with Gasteiger partial charge in [-0.2, -0.15) is 0 Å². The minimum Gasteiger partial charge on any atom is -0.469 e. The minimum absolute atomic E-state index is 0.165. The fourth-order valence-corrected chi connectivity index (χ4v) is 2.29. The summed E-state index contributed by atoms with van der Waals surface area (Å²) in [6.45, 7) is 2.50. The number of esters is 1. The first kappa shape index (κ1) is 12.2. The standard InChI is InChI=1S/C12H15BrN2O2/c1-17-12(16)4-6-15-7-5-14-10-8-9(13)2-3-11(10)15/h2-3,8,14H,4-7H2,1H3. The Morgan fingerprint density at radius 2 is 2.41 bits per heavy atom. The molecule has 2 rings (SSSR count). The van der Waals surface area contributed by atoms with Crippen LogP contribution in [0.1, 0.15) is 6.42 Å². The van der Waals surface area contributed by atoms with Crippen LogP contribution in [0.25, 0.3) is 0 Å². The third-order valence-corrected chi connectivity index (χ3v) is 3.30. The predicted molar refractivity (Wildman–Crippen MR) is 71.5 cm³/mol. The van der Waals surface area contributed by atoms with Gasteiger partial charge in [-0.25, -0.2) is 0 Å². The van der Waals surface area contributed by atoms with Gasteiger partial charge in [-0.15, -0.1) is 0 Å². The van der Waals surface area contributed by atoms with Crippen molar-refractivity contribution in [3.63, 3.8) is 0 Å². The molecule has 0 saturated carbocycles. The van der Waals surface area contributed by atoms with Crippen molar-refractivity contribution in [3.05, 3.63) is 22.7 Å². The molecule has 1 aromatic rings. The molecule has 0 unspecified atom stereocenters. The van der Waals surface area contributed by atoms with Gasteiger partial charge in [-0.05, 0) is 18.2 Å². The molecule has 92 valence electrons. The largest absolute Gasteiger partial charge is 0.469 e. The lowest BCUT2D eigenvalue weighted by Gasteiger charge is -2.31. The normalized spacial score (nSPS) is 13.9. The number of halogens is 1. The topological polar surface area (TPSA) is 41.6 Å². The van der Waals surface area contributed by atoms with Crippen molar-refractivity contribution in [2.75, 3.05) is 37.0 Å². The van der Waals surface area contributed by atoms with Crippen LogP contribution in [-0.2, 0) is 9.53 Å². The van der Waals surface area contributed by atoms with Gasteiger partial charge >= 0.3 is 5.97 Å². The van der Waals surface area contributed by atoms with Crippen LogP contribution in [0.3, 0.4) is 0 Å². The van der Waals surface area contributed by atoms with Crippen molar-refractivity contribution in [1.29, 1.82) is 0 Å². The molecule has 17 heavy (non-hydrogen) atoms. The van der Waals surface area contributed by atoms with Crippen molar-refractivity contribution in [1.82, 2.24) is 0 Å². The molecule has 0 atom stereocenters. The van der Waals surface area contributed by atoms with E-state index in [1.165, 1.54) is 7.11 Å². The third-order valence-electron chi connectivity index (χ3n) is 2.81. The highest BCUT2D eigenvalue weighted by Gasteiger charge is 2.17. The van der Waals surface area contributed by atoms with Gasteiger partial charge in [0, 0.05) is 24.1 Å². The van der Waals surface area contributed by atoms with Crippen LogP contribution in [0.4, 0.5) is 11.4 Å². The van der Waals surface area contributed by atoms with Gasteiger partial charge < -0.3 is 15.0 Å². The average molecular weight is 299 g/mol. The average Bonchev–Trinajstić information content (AvgIpc) is 2.35. The fourth-order valence-electron chi connectivity index (χ4n) is 1.93. The van der Waals surface area contributed by atoms with Gasteiger partial charge in [0.1, 0.15) is 0 Å². The van der Waals surface area contributed by atoms with Gasteiger partial charge in [0.15, 0.2) is 0 Å². The Kier molecular flexibility index (Phi) is 3.89. The zero-order valence-electron chi connectivity index (χ0n) is 9.70. The Hall–Kier alpha value is -1.23. The molecule has 0 bridgehead atoms. The molecule has 1 heterocycles. The number of methoxy groups -OCH3 is 1. The SMILES string of the molecule is COC(=O)CCN1CCNc2cc(Br)ccc21. The minimum atomic E-state index is -0.165. The first-order chi connectivity index (χ1) is 8.20. The Labute approximate surface area is 109 Å². The molecular formula is C12H15BrN2O2. The summed E-state index contributed by atoms with van der Waals surface area (Å²) >= 11 is 3.45. The van der Waals surface area contributed by atoms with Gasteiger partial charge in [-0.3, -0.25) is 4.79 Å². The summed E-state index contributed by atoms with van der Waals surface area (Å²) in [5, 5.41) is 3.35. The van der Waals surface area contributed by atoms with Gasteiger partial charge in [0.25, 0.3) is 0 Å². The Bertz CT molecular complexity index is 423. The smallest absolute Gasteiger partial charge is 0.307 e. The summed E-state index contributed by atoms with van der Waals surface area (Å²) in [7, 11) is 1.42. The Morgan fingerprint density at radius 3 is 3.18 bits per heavy atom. The highest BCUT2D eigenvalue weighted by Crippen LogP contribution is 2.31. The molecule has 1 aromatic carbocycles. The number of fused-ring (bicyclic) bond motifs is 1. The maximum Gasteiger partial charge on any atom is 0.307 e. The maximum atomic E-state index is 11.1. The second-order valence-corrected chi connectivity index (χ2v) is 4.82. The number of anilines is 2. The van der Waals surface area contributed by atoms with Crippen LogP contribution in [0.2, 0.25) is 0 Å². The maximum absolute atomic E-state index is 11.1. The molecule has 4 nitrogen and oxygen atoms in total. The molecule has 1 N–H and O–H groups in total.